The second-order valence-corrected chi connectivity index (χ2v) is 12.4. The van der Waals surface area contributed by atoms with Crippen LogP contribution >= 0.6 is 0 Å². The first kappa shape index (κ1) is 34.0. The number of likely N-dealkylation sites (tertiary alicyclic amines) is 1. The third-order valence-corrected chi connectivity index (χ3v) is 8.90. The van der Waals surface area contributed by atoms with Crippen LogP contribution in [0.1, 0.15) is 37.2 Å². The van der Waals surface area contributed by atoms with E-state index in [9.17, 15) is 27.2 Å². The monoisotopic (exact) mass is 678 g/mol. The SMILES string of the molecule is O=C(Nc1ccc(N2CCN(C(=O)Nc3ccccc3F)CC2)nc1)C(OCN1CCCC(c2ccccc2)C1)=C(CC1=CC1)C(F)(F)F. The number of amides is 3. The van der Waals surface area contributed by atoms with Crippen molar-refractivity contribution in [3.05, 3.63) is 107 Å². The van der Waals surface area contributed by atoms with E-state index in [4.69, 9.17) is 4.74 Å². The number of halogens is 4. The van der Waals surface area contributed by atoms with Crippen LogP contribution in [0, 0.1) is 5.82 Å². The fraction of sp³-hybridized carbons (Fsp3) is 0.361. The van der Waals surface area contributed by atoms with Gasteiger partial charge in [0.15, 0.2) is 5.76 Å². The minimum atomic E-state index is -4.76. The molecule has 3 aliphatic rings. The number of hydrogen-bond acceptors (Lipinski definition) is 6. The lowest BCUT2D eigenvalue weighted by Crippen LogP contribution is -2.50. The van der Waals surface area contributed by atoms with Gasteiger partial charge in [-0.25, -0.2) is 14.2 Å². The number of allylic oxidation sites excluding steroid dienone is 3. The number of benzene rings is 2. The number of para-hydroxylation sites is 1. The van der Waals surface area contributed by atoms with Crippen molar-refractivity contribution in [1.29, 1.82) is 0 Å². The second-order valence-electron chi connectivity index (χ2n) is 12.4. The van der Waals surface area contributed by atoms with Gasteiger partial charge in [0.1, 0.15) is 18.4 Å². The zero-order valence-corrected chi connectivity index (χ0v) is 26.9. The quantitative estimate of drug-likeness (QED) is 0.105. The summed E-state index contributed by atoms with van der Waals surface area (Å²) in [5.74, 6) is -1.45. The van der Waals surface area contributed by atoms with Gasteiger partial charge in [0.25, 0.3) is 5.91 Å². The molecule has 13 heteroatoms. The summed E-state index contributed by atoms with van der Waals surface area (Å²) in [6.45, 7) is 2.76. The molecule has 2 aromatic carbocycles. The van der Waals surface area contributed by atoms with E-state index in [1.54, 1.807) is 35.2 Å². The number of aromatic nitrogens is 1. The van der Waals surface area contributed by atoms with Gasteiger partial charge in [-0.2, -0.15) is 13.2 Å². The first-order valence-corrected chi connectivity index (χ1v) is 16.3. The van der Waals surface area contributed by atoms with Crippen LogP contribution < -0.4 is 15.5 Å². The first-order chi connectivity index (χ1) is 23.6. The van der Waals surface area contributed by atoms with Crippen LogP contribution in [-0.4, -0.2) is 78.9 Å². The average Bonchev–Trinajstić information content (AvgIpc) is 3.94. The molecule has 1 atom stereocenters. The van der Waals surface area contributed by atoms with Gasteiger partial charge in [0.2, 0.25) is 0 Å². The highest BCUT2D eigenvalue weighted by atomic mass is 19.4. The van der Waals surface area contributed by atoms with Crippen LogP contribution in [0.4, 0.5) is 39.5 Å². The van der Waals surface area contributed by atoms with Crippen LogP contribution in [-0.2, 0) is 9.53 Å². The fourth-order valence-electron chi connectivity index (χ4n) is 6.10. The molecule has 2 saturated heterocycles. The zero-order valence-electron chi connectivity index (χ0n) is 26.9. The molecule has 0 saturated carbocycles. The smallest absolute Gasteiger partial charge is 0.416 e. The molecule has 258 valence electrons. The summed E-state index contributed by atoms with van der Waals surface area (Å²) < 4.78 is 62.8. The Bertz CT molecular complexity index is 1690. The maximum Gasteiger partial charge on any atom is 0.416 e. The fourth-order valence-corrected chi connectivity index (χ4v) is 6.10. The van der Waals surface area contributed by atoms with Gasteiger partial charge in [-0.05, 0) is 55.0 Å². The summed E-state index contributed by atoms with van der Waals surface area (Å²) in [6, 6.07) is 18.7. The van der Waals surface area contributed by atoms with Crippen molar-refractivity contribution in [2.45, 2.75) is 37.8 Å². The van der Waals surface area contributed by atoms with E-state index in [2.05, 4.69) is 15.6 Å². The van der Waals surface area contributed by atoms with E-state index >= 15 is 0 Å². The number of carbonyl (C=O) groups excluding carboxylic acids is 2. The summed E-state index contributed by atoms with van der Waals surface area (Å²) in [4.78, 5) is 36.0. The topological polar surface area (TPSA) is 90.0 Å². The van der Waals surface area contributed by atoms with E-state index < -0.39 is 41.7 Å². The molecule has 49 heavy (non-hydrogen) atoms. The number of piperidine rings is 1. The lowest BCUT2D eigenvalue weighted by molar-refractivity contribution is -0.121. The summed E-state index contributed by atoms with van der Waals surface area (Å²) in [5, 5.41) is 5.14. The summed E-state index contributed by atoms with van der Waals surface area (Å²) in [7, 11) is 0. The Morgan fingerprint density at radius 2 is 1.65 bits per heavy atom. The van der Waals surface area contributed by atoms with Crippen molar-refractivity contribution in [1.82, 2.24) is 14.8 Å². The van der Waals surface area contributed by atoms with Gasteiger partial charge in [0.05, 0.1) is 23.1 Å². The number of ether oxygens (including phenoxy) is 1. The van der Waals surface area contributed by atoms with Crippen LogP contribution in [0.2, 0.25) is 0 Å². The standard InChI is InChI=1S/C36H38F4N6O3/c37-30-10-4-5-11-31(30)43-35(48)46-19-17-45(18-20-46)32-15-14-28(22-41-32)42-34(47)33(29(36(38,39)40)21-25-12-13-25)49-24-44-16-6-9-27(23-44)26-7-2-1-3-8-26/h1-5,7-8,10-12,14-15,22,27H,6,9,13,16-21,23-24H2,(H,42,47)(H,43,48). The van der Waals surface area contributed by atoms with Gasteiger partial charge in [-0.15, -0.1) is 0 Å². The van der Waals surface area contributed by atoms with E-state index in [1.165, 1.54) is 23.9 Å². The maximum atomic E-state index is 14.3. The van der Waals surface area contributed by atoms with Crippen molar-refractivity contribution >= 4 is 29.1 Å². The molecular weight excluding hydrogens is 640 g/mol. The molecule has 0 radical (unpaired) electrons. The number of alkyl halides is 3. The lowest BCUT2D eigenvalue weighted by atomic mass is 9.91. The van der Waals surface area contributed by atoms with Gasteiger partial charge in [-0.1, -0.05) is 54.1 Å². The van der Waals surface area contributed by atoms with Gasteiger partial charge < -0.3 is 25.2 Å². The number of urea groups is 1. The number of nitrogens with one attached hydrogen (secondary N) is 2. The molecule has 6 rings (SSSR count). The molecule has 1 unspecified atom stereocenters. The molecule has 0 spiro atoms. The highest BCUT2D eigenvalue weighted by Gasteiger charge is 2.41. The number of anilines is 3. The highest BCUT2D eigenvalue weighted by Crippen LogP contribution is 2.38. The third-order valence-electron chi connectivity index (χ3n) is 8.90. The molecular formula is C36H38F4N6O3. The number of rotatable bonds is 10. The van der Waals surface area contributed by atoms with Crippen molar-refractivity contribution in [3.8, 4) is 0 Å². The number of nitrogens with zero attached hydrogens (tertiary/aromatic N) is 4. The van der Waals surface area contributed by atoms with E-state index in [0.29, 0.717) is 57.1 Å². The van der Waals surface area contributed by atoms with Crippen LogP contribution in [0.25, 0.3) is 0 Å². The largest absolute Gasteiger partial charge is 0.472 e. The molecule has 2 fully saturated rings. The molecule has 1 aliphatic carbocycles. The van der Waals surface area contributed by atoms with Crippen LogP contribution in [0.3, 0.4) is 0 Å². The predicted molar refractivity (Wildman–Crippen MR) is 178 cm³/mol. The molecule has 9 nitrogen and oxygen atoms in total. The normalized spacial score (nSPS) is 18.7. The average molecular weight is 679 g/mol. The Labute approximate surface area is 282 Å². The van der Waals surface area contributed by atoms with Crippen LogP contribution in [0.5, 0.6) is 0 Å². The Hall–Kier alpha value is -4.91. The lowest BCUT2D eigenvalue weighted by Gasteiger charge is -2.35. The molecule has 3 amide bonds. The maximum absolute atomic E-state index is 14.3. The zero-order chi connectivity index (χ0) is 34.4. The van der Waals surface area contributed by atoms with Gasteiger partial charge in [0, 0.05) is 45.7 Å². The molecule has 3 heterocycles. The first-order valence-electron chi connectivity index (χ1n) is 16.3. The Kier molecular flexibility index (Phi) is 10.5. The van der Waals surface area contributed by atoms with Gasteiger partial charge in [-0.3, -0.25) is 9.69 Å². The van der Waals surface area contributed by atoms with Crippen LogP contribution in [0.15, 0.2) is 95.9 Å². The molecule has 0 bridgehead atoms. The van der Waals surface area contributed by atoms with E-state index in [1.807, 2.05) is 40.1 Å². The predicted octanol–water partition coefficient (Wildman–Crippen LogP) is 6.90. The van der Waals surface area contributed by atoms with E-state index in [-0.39, 0.29) is 24.0 Å². The third kappa shape index (κ3) is 8.96. The molecule has 2 aliphatic heterocycles. The number of pyridine rings is 1. The Morgan fingerprint density at radius 3 is 2.33 bits per heavy atom. The molecule has 2 N–H and O–H groups in total. The van der Waals surface area contributed by atoms with Gasteiger partial charge >= 0.3 is 12.2 Å². The van der Waals surface area contributed by atoms with Crippen molar-refractivity contribution in [2.24, 2.45) is 0 Å². The van der Waals surface area contributed by atoms with E-state index in [0.717, 1.165) is 12.8 Å². The van der Waals surface area contributed by atoms with Crippen molar-refractivity contribution in [2.75, 3.05) is 61.5 Å². The van der Waals surface area contributed by atoms with Crippen molar-refractivity contribution in [3.63, 3.8) is 0 Å². The number of piperazine rings is 1. The van der Waals surface area contributed by atoms with Crippen molar-refractivity contribution < 1.29 is 31.9 Å². The Balaban J connectivity index is 1.08. The minimum absolute atomic E-state index is 0.104. The number of hydrogen-bond donors (Lipinski definition) is 2. The molecule has 3 aromatic rings. The summed E-state index contributed by atoms with van der Waals surface area (Å²) in [5.41, 5.74) is 1.09. The summed E-state index contributed by atoms with van der Waals surface area (Å²) in [6.07, 6.45) is 0.231. The number of carbonyl (C=O) groups is 2. The second kappa shape index (κ2) is 15.1. The molecule has 1 aromatic heterocycles. The minimum Gasteiger partial charge on any atom is -0.472 e. The Morgan fingerprint density at radius 1 is 0.918 bits per heavy atom. The highest BCUT2D eigenvalue weighted by molar-refractivity contribution is 6.03. The summed E-state index contributed by atoms with van der Waals surface area (Å²) >= 11 is 0.